The number of carbonyl (C=O) groups is 2. The molecule has 2 amide bonds. The van der Waals surface area contributed by atoms with Gasteiger partial charge in [0.05, 0.1) is 19.9 Å². The molecule has 1 rings (SSSR count). The van der Waals surface area contributed by atoms with Gasteiger partial charge in [0.1, 0.15) is 11.8 Å². The van der Waals surface area contributed by atoms with Gasteiger partial charge in [0, 0.05) is 20.1 Å². The van der Waals surface area contributed by atoms with Gasteiger partial charge in [-0.3, -0.25) is 9.59 Å². The summed E-state index contributed by atoms with van der Waals surface area (Å²) in [6, 6.07) is 6.40. The number of nitrogens with one attached hydrogen (secondary N) is 1. The third-order valence-electron chi connectivity index (χ3n) is 4.15. The summed E-state index contributed by atoms with van der Waals surface area (Å²) in [6.45, 7) is 3.93. The van der Waals surface area contributed by atoms with Crippen molar-refractivity contribution in [2.75, 3.05) is 33.5 Å². The highest BCUT2D eigenvalue weighted by Crippen LogP contribution is 2.15. The molecule has 0 saturated carbocycles. The van der Waals surface area contributed by atoms with E-state index in [2.05, 4.69) is 5.32 Å². The predicted octanol–water partition coefficient (Wildman–Crippen LogP) is 0.830. The van der Waals surface area contributed by atoms with Gasteiger partial charge in [-0.2, -0.15) is 4.31 Å². The Bertz CT molecular complexity index is 734. The first kappa shape index (κ1) is 22.9. The van der Waals surface area contributed by atoms with E-state index in [9.17, 15) is 18.0 Å². The Morgan fingerprint density at radius 1 is 1.22 bits per heavy atom. The molecule has 1 aromatic rings. The van der Waals surface area contributed by atoms with Gasteiger partial charge in [0.15, 0.2) is 0 Å². The summed E-state index contributed by atoms with van der Waals surface area (Å²) >= 11 is 0. The van der Waals surface area contributed by atoms with E-state index in [0.717, 1.165) is 22.5 Å². The molecule has 0 aliphatic heterocycles. The largest absolute Gasteiger partial charge is 0.497 e. The molecule has 0 saturated heterocycles. The number of nitrogens with zero attached hydrogens (tertiary/aromatic N) is 2. The van der Waals surface area contributed by atoms with Gasteiger partial charge in [-0.25, -0.2) is 8.42 Å². The second-order valence-corrected chi connectivity index (χ2v) is 8.45. The van der Waals surface area contributed by atoms with E-state index in [4.69, 9.17) is 4.74 Å². The zero-order chi connectivity index (χ0) is 20.6. The van der Waals surface area contributed by atoms with Gasteiger partial charge in [0.2, 0.25) is 21.8 Å². The second-order valence-electron chi connectivity index (χ2n) is 6.36. The van der Waals surface area contributed by atoms with Gasteiger partial charge < -0.3 is 15.0 Å². The van der Waals surface area contributed by atoms with Gasteiger partial charge in [-0.1, -0.05) is 19.1 Å². The molecule has 0 fully saturated rings. The van der Waals surface area contributed by atoms with Crippen LogP contribution < -0.4 is 10.1 Å². The Labute approximate surface area is 161 Å². The van der Waals surface area contributed by atoms with Crippen LogP contribution in [0.5, 0.6) is 5.75 Å². The standard InChI is InChI=1S/C18H29N3O5S/c1-6-11-19-18(23)14(2)21(17(22)13-20(3)27(5,24)25)12-15-7-9-16(26-4)10-8-15/h7-10,14H,6,11-13H2,1-5H3,(H,19,23). The summed E-state index contributed by atoms with van der Waals surface area (Å²) < 4.78 is 29.3. The number of hydrogen-bond donors (Lipinski definition) is 1. The molecule has 27 heavy (non-hydrogen) atoms. The van der Waals surface area contributed by atoms with Crippen molar-refractivity contribution >= 4 is 21.8 Å². The number of ether oxygens (including phenoxy) is 1. The van der Waals surface area contributed by atoms with E-state index < -0.39 is 22.0 Å². The van der Waals surface area contributed by atoms with E-state index in [1.165, 1.54) is 11.9 Å². The van der Waals surface area contributed by atoms with Crippen LogP contribution in [-0.2, 0) is 26.2 Å². The van der Waals surface area contributed by atoms with Crippen molar-refractivity contribution in [3.8, 4) is 5.75 Å². The minimum Gasteiger partial charge on any atom is -0.497 e. The molecule has 152 valence electrons. The molecule has 1 atom stereocenters. The lowest BCUT2D eigenvalue weighted by molar-refractivity contribution is -0.140. The maximum Gasteiger partial charge on any atom is 0.242 e. The van der Waals surface area contributed by atoms with Gasteiger partial charge in [0.25, 0.3) is 0 Å². The molecule has 0 heterocycles. The highest BCUT2D eigenvalue weighted by atomic mass is 32.2. The lowest BCUT2D eigenvalue weighted by Crippen LogP contribution is -2.50. The first-order valence-corrected chi connectivity index (χ1v) is 10.6. The summed E-state index contributed by atoms with van der Waals surface area (Å²) in [5.41, 5.74) is 0.807. The minimum absolute atomic E-state index is 0.182. The smallest absolute Gasteiger partial charge is 0.242 e. The molecular formula is C18H29N3O5S. The highest BCUT2D eigenvalue weighted by molar-refractivity contribution is 7.88. The monoisotopic (exact) mass is 399 g/mol. The topological polar surface area (TPSA) is 96.0 Å². The van der Waals surface area contributed by atoms with Crippen LogP contribution in [-0.4, -0.2) is 69.0 Å². The number of likely N-dealkylation sites (N-methyl/N-ethyl adjacent to an activating group) is 1. The Morgan fingerprint density at radius 2 is 1.81 bits per heavy atom. The fourth-order valence-corrected chi connectivity index (χ4v) is 2.65. The van der Waals surface area contributed by atoms with Crippen LogP contribution in [0.4, 0.5) is 0 Å². The quantitative estimate of drug-likeness (QED) is 0.629. The lowest BCUT2D eigenvalue weighted by Gasteiger charge is -2.30. The number of rotatable bonds is 10. The van der Waals surface area contributed by atoms with Crippen molar-refractivity contribution in [3.05, 3.63) is 29.8 Å². The van der Waals surface area contributed by atoms with Gasteiger partial charge in [-0.05, 0) is 31.0 Å². The molecule has 0 spiro atoms. The van der Waals surface area contributed by atoms with Crippen LogP contribution in [0.2, 0.25) is 0 Å². The molecule has 0 aromatic heterocycles. The van der Waals surface area contributed by atoms with Crippen molar-refractivity contribution in [2.24, 2.45) is 0 Å². The Balaban J connectivity index is 3.02. The van der Waals surface area contributed by atoms with Crippen molar-refractivity contribution in [2.45, 2.75) is 32.9 Å². The minimum atomic E-state index is -3.50. The van der Waals surface area contributed by atoms with E-state index in [1.807, 2.05) is 6.92 Å². The molecule has 0 bridgehead atoms. The number of amides is 2. The number of hydrogen-bond acceptors (Lipinski definition) is 5. The van der Waals surface area contributed by atoms with Crippen LogP contribution >= 0.6 is 0 Å². The van der Waals surface area contributed by atoms with E-state index in [-0.39, 0.29) is 19.0 Å². The first-order chi connectivity index (χ1) is 12.6. The van der Waals surface area contributed by atoms with Crippen LogP contribution in [0.15, 0.2) is 24.3 Å². The molecule has 0 aliphatic carbocycles. The van der Waals surface area contributed by atoms with Crippen LogP contribution in [0.3, 0.4) is 0 Å². The maximum atomic E-state index is 12.8. The lowest BCUT2D eigenvalue weighted by atomic mass is 10.1. The number of benzene rings is 1. The molecule has 1 unspecified atom stereocenters. The Kier molecular flexibility index (Phi) is 8.71. The molecule has 0 radical (unpaired) electrons. The van der Waals surface area contributed by atoms with Crippen molar-refractivity contribution in [1.82, 2.24) is 14.5 Å². The highest BCUT2D eigenvalue weighted by Gasteiger charge is 2.28. The average Bonchev–Trinajstić information content (AvgIpc) is 2.63. The van der Waals surface area contributed by atoms with Crippen molar-refractivity contribution in [3.63, 3.8) is 0 Å². The van der Waals surface area contributed by atoms with E-state index in [0.29, 0.717) is 12.3 Å². The summed E-state index contributed by atoms with van der Waals surface area (Å²) in [5, 5.41) is 2.77. The number of sulfonamides is 1. The number of carbonyl (C=O) groups excluding carboxylic acids is 2. The molecule has 8 nitrogen and oxygen atoms in total. The summed E-state index contributed by atoms with van der Waals surface area (Å²) in [5.74, 6) is -0.0409. The van der Waals surface area contributed by atoms with E-state index in [1.54, 1.807) is 38.3 Å². The Morgan fingerprint density at radius 3 is 2.30 bits per heavy atom. The zero-order valence-electron chi connectivity index (χ0n) is 16.6. The Hall–Kier alpha value is -2.13. The van der Waals surface area contributed by atoms with Crippen LogP contribution in [0, 0.1) is 0 Å². The average molecular weight is 400 g/mol. The molecule has 1 aromatic carbocycles. The summed E-state index contributed by atoms with van der Waals surface area (Å²) in [6.07, 6.45) is 1.81. The molecule has 1 N–H and O–H groups in total. The van der Waals surface area contributed by atoms with Crippen molar-refractivity contribution < 1.29 is 22.7 Å². The zero-order valence-corrected chi connectivity index (χ0v) is 17.4. The van der Waals surface area contributed by atoms with Crippen molar-refractivity contribution in [1.29, 1.82) is 0 Å². The second kappa shape index (κ2) is 10.3. The first-order valence-electron chi connectivity index (χ1n) is 8.71. The molecular weight excluding hydrogens is 370 g/mol. The normalized spacial score (nSPS) is 12.5. The van der Waals surface area contributed by atoms with Gasteiger partial charge in [-0.15, -0.1) is 0 Å². The summed E-state index contributed by atoms with van der Waals surface area (Å²) in [4.78, 5) is 26.5. The third-order valence-corrected chi connectivity index (χ3v) is 5.41. The maximum absolute atomic E-state index is 12.8. The summed E-state index contributed by atoms with van der Waals surface area (Å²) in [7, 11) is -0.609. The molecule has 9 heteroatoms. The van der Waals surface area contributed by atoms with Crippen LogP contribution in [0.25, 0.3) is 0 Å². The van der Waals surface area contributed by atoms with E-state index >= 15 is 0 Å². The fraction of sp³-hybridized carbons (Fsp3) is 0.556. The van der Waals surface area contributed by atoms with Gasteiger partial charge >= 0.3 is 0 Å². The SMILES string of the molecule is CCCNC(=O)C(C)N(Cc1ccc(OC)cc1)C(=O)CN(C)S(C)(=O)=O. The fourth-order valence-electron chi connectivity index (χ4n) is 2.30. The molecule has 0 aliphatic rings. The number of methoxy groups -OCH3 is 1. The van der Waals surface area contributed by atoms with Crippen LogP contribution in [0.1, 0.15) is 25.8 Å². The third kappa shape index (κ3) is 7.18. The predicted molar refractivity (Wildman–Crippen MR) is 104 cm³/mol.